The van der Waals surface area contributed by atoms with E-state index in [-0.39, 0.29) is 18.6 Å². The standard InChI is InChI=1S/C15H16ClN3O2/c1-2-14(21)19-12-4-3-9(16)7-10(12)15-11(8-17-18-15)13(19)5-6-20/h3-4,7-8,13,20H,2,5-6H2,1H3,(H,17,18). The average molecular weight is 306 g/mol. The van der Waals surface area contributed by atoms with Crippen LogP contribution in [0.15, 0.2) is 24.4 Å². The Balaban J connectivity index is 2.22. The lowest BCUT2D eigenvalue weighted by Gasteiger charge is -2.36. The molecule has 0 aliphatic carbocycles. The molecule has 5 nitrogen and oxygen atoms in total. The molecular formula is C15H16ClN3O2. The maximum Gasteiger partial charge on any atom is 0.227 e. The predicted molar refractivity (Wildman–Crippen MR) is 81.3 cm³/mol. The number of fused-ring (bicyclic) bond motifs is 3. The largest absolute Gasteiger partial charge is 0.396 e. The van der Waals surface area contributed by atoms with E-state index in [1.54, 1.807) is 17.2 Å². The number of hydrogen-bond acceptors (Lipinski definition) is 3. The molecule has 1 aliphatic rings. The molecule has 1 aromatic heterocycles. The van der Waals surface area contributed by atoms with Gasteiger partial charge in [0.1, 0.15) is 0 Å². The van der Waals surface area contributed by atoms with Crippen molar-refractivity contribution in [1.29, 1.82) is 0 Å². The molecule has 1 aliphatic heterocycles. The molecular weight excluding hydrogens is 290 g/mol. The fourth-order valence-corrected chi connectivity index (χ4v) is 3.05. The lowest BCUT2D eigenvalue weighted by molar-refractivity contribution is -0.118. The number of benzene rings is 1. The molecule has 1 amide bonds. The van der Waals surface area contributed by atoms with Gasteiger partial charge in [-0.2, -0.15) is 5.10 Å². The van der Waals surface area contributed by atoms with E-state index in [2.05, 4.69) is 10.2 Å². The van der Waals surface area contributed by atoms with Gasteiger partial charge in [-0.05, 0) is 24.6 Å². The highest BCUT2D eigenvalue weighted by Crippen LogP contribution is 2.45. The van der Waals surface area contributed by atoms with Crippen molar-refractivity contribution >= 4 is 23.2 Å². The van der Waals surface area contributed by atoms with Crippen LogP contribution in [0, 0.1) is 0 Å². The second-order valence-corrected chi connectivity index (χ2v) is 5.44. The topological polar surface area (TPSA) is 69.2 Å². The Kier molecular flexibility index (Phi) is 3.69. The van der Waals surface area contributed by atoms with Crippen LogP contribution in [0.3, 0.4) is 0 Å². The van der Waals surface area contributed by atoms with Crippen molar-refractivity contribution in [2.45, 2.75) is 25.8 Å². The average Bonchev–Trinajstić information content (AvgIpc) is 2.97. The van der Waals surface area contributed by atoms with Crippen LogP contribution in [0.5, 0.6) is 0 Å². The molecule has 0 spiro atoms. The summed E-state index contributed by atoms with van der Waals surface area (Å²) in [5.74, 6) is 0.0175. The van der Waals surface area contributed by atoms with Crippen molar-refractivity contribution in [2.24, 2.45) is 0 Å². The highest BCUT2D eigenvalue weighted by atomic mass is 35.5. The van der Waals surface area contributed by atoms with Crippen molar-refractivity contribution < 1.29 is 9.90 Å². The van der Waals surface area contributed by atoms with Gasteiger partial charge in [0.15, 0.2) is 0 Å². The zero-order chi connectivity index (χ0) is 15.0. The first-order valence-electron chi connectivity index (χ1n) is 6.93. The van der Waals surface area contributed by atoms with Crippen LogP contribution >= 0.6 is 11.6 Å². The lowest BCUT2D eigenvalue weighted by Crippen LogP contribution is -2.37. The Labute approximate surface area is 127 Å². The summed E-state index contributed by atoms with van der Waals surface area (Å²) in [6, 6.07) is 5.25. The number of rotatable bonds is 3. The maximum atomic E-state index is 12.4. The first-order chi connectivity index (χ1) is 10.2. The second-order valence-electron chi connectivity index (χ2n) is 5.01. The molecule has 110 valence electrons. The van der Waals surface area contributed by atoms with Gasteiger partial charge in [0, 0.05) is 29.2 Å². The van der Waals surface area contributed by atoms with Crippen LogP contribution in [-0.4, -0.2) is 27.8 Å². The van der Waals surface area contributed by atoms with Gasteiger partial charge in [0.25, 0.3) is 0 Å². The molecule has 0 saturated carbocycles. The minimum absolute atomic E-state index is 0.00566. The zero-order valence-electron chi connectivity index (χ0n) is 11.6. The SMILES string of the molecule is CCC(=O)N1c2ccc(Cl)cc2-c2[nH]ncc2C1CCO. The van der Waals surface area contributed by atoms with Crippen molar-refractivity contribution in [1.82, 2.24) is 10.2 Å². The van der Waals surface area contributed by atoms with E-state index < -0.39 is 0 Å². The van der Waals surface area contributed by atoms with Gasteiger partial charge in [0.2, 0.25) is 5.91 Å². The number of nitrogens with one attached hydrogen (secondary N) is 1. The fourth-order valence-electron chi connectivity index (χ4n) is 2.87. The number of carbonyl (C=O) groups excluding carboxylic acids is 1. The highest BCUT2D eigenvalue weighted by molar-refractivity contribution is 6.31. The van der Waals surface area contributed by atoms with Crippen LogP contribution in [0.1, 0.15) is 31.4 Å². The van der Waals surface area contributed by atoms with Crippen molar-refractivity contribution in [3.05, 3.63) is 35.0 Å². The minimum atomic E-state index is -0.204. The Morgan fingerprint density at radius 1 is 1.52 bits per heavy atom. The number of aromatic nitrogens is 2. The Bertz CT molecular complexity index is 683. The molecule has 21 heavy (non-hydrogen) atoms. The van der Waals surface area contributed by atoms with E-state index in [0.717, 1.165) is 22.5 Å². The molecule has 0 bridgehead atoms. The summed E-state index contributed by atoms with van der Waals surface area (Å²) in [7, 11) is 0. The number of aliphatic hydroxyl groups excluding tert-OH is 1. The first kappa shape index (κ1) is 14.1. The number of halogens is 1. The molecule has 1 aromatic carbocycles. The van der Waals surface area contributed by atoms with Gasteiger partial charge in [-0.25, -0.2) is 0 Å². The quantitative estimate of drug-likeness (QED) is 0.916. The van der Waals surface area contributed by atoms with Gasteiger partial charge < -0.3 is 10.0 Å². The number of aliphatic hydroxyl groups is 1. The van der Waals surface area contributed by atoms with E-state index >= 15 is 0 Å². The van der Waals surface area contributed by atoms with Crippen molar-refractivity contribution in [3.63, 3.8) is 0 Å². The number of nitrogens with zero attached hydrogens (tertiary/aromatic N) is 2. The van der Waals surface area contributed by atoms with Crippen LogP contribution in [0.25, 0.3) is 11.3 Å². The van der Waals surface area contributed by atoms with E-state index in [4.69, 9.17) is 11.6 Å². The number of amides is 1. The molecule has 1 unspecified atom stereocenters. The maximum absolute atomic E-state index is 12.4. The van der Waals surface area contributed by atoms with E-state index in [1.165, 1.54) is 0 Å². The Morgan fingerprint density at radius 3 is 3.05 bits per heavy atom. The molecule has 0 radical (unpaired) electrons. The molecule has 2 heterocycles. The summed E-state index contributed by atoms with van der Waals surface area (Å²) < 4.78 is 0. The highest BCUT2D eigenvalue weighted by Gasteiger charge is 2.35. The Morgan fingerprint density at radius 2 is 2.33 bits per heavy atom. The number of carbonyl (C=O) groups is 1. The monoisotopic (exact) mass is 305 g/mol. The van der Waals surface area contributed by atoms with E-state index in [1.807, 2.05) is 19.1 Å². The number of aromatic amines is 1. The molecule has 0 fully saturated rings. The molecule has 6 heteroatoms. The third-order valence-electron chi connectivity index (χ3n) is 3.80. The van der Waals surface area contributed by atoms with E-state index in [0.29, 0.717) is 17.9 Å². The first-order valence-corrected chi connectivity index (χ1v) is 7.31. The Hall–Kier alpha value is -1.85. The third-order valence-corrected chi connectivity index (χ3v) is 4.04. The fraction of sp³-hybridized carbons (Fsp3) is 0.333. The van der Waals surface area contributed by atoms with Gasteiger partial charge in [-0.15, -0.1) is 0 Å². The molecule has 1 atom stereocenters. The third kappa shape index (κ3) is 2.22. The molecule has 2 N–H and O–H groups in total. The lowest BCUT2D eigenvalue weighted by atomic mass is 9.91. The van der Waals surface area contributed by atoms with E-state index in [9.17, 15) is 9.90 Å². The summed E-state index contributed by atoms with van der Waals surface area (Å²) in [5.41, 5.74) is 3.46. The predicted octanol–water partition coefficient (Wildman–Crippen LogP) is 2.91. The van der Waals surface area contributed by atoms with Crippen LogP contribution in [0.2, 0.25) is 5.02 Å². The van der Waals surface area contributed by atoms with Gasteiger partial charge in [-0.1, -0.05) is 18.5 Å². The van der Waals surface area contributed by atoms with Crippen molar-refractivity contribution in [2.75, 3.05) is 11.5 Å². The van der Waals surface area contributed by atoms with Crippen LogP contribution in [-0.2, 0) is 4.79 Å². The summed E-state index contributed by atoms with van der Waals surface area (Å²) >= 11 is 6.09. The molecule has 3 rings (SSSR count). The zero-order valence-corrected chi connectivity index (χ0v) is 12.4. The normalized spacial score (nSPS) is 16.5. The molecule has 2 aromatic rings. The minimum Gasteiger partial charge on any atom is -0.396 e. The van der Waals surface area contributed by atoms with Crippen LogP contribution < -0.4 is 4.90 Å². The van der Waals surface area contributed by atoms with Crippen LogP contribution in [0.4, 0.5) is 5.69 Å². The van der Waals surface area contributed by atoms with Gasteiger partial charge >= 0.3 is 0 Å². The summed E-state index contributed by atoms with van der Waals surface area (Å²) in [5, 5.41) is 17.0. The number of anilines is 1. The summed E-state index contributed by atoms with van der Waals surface area (Å²) in [6.45, 7) is 1.84. The van der Waals surface area contributed by atoms with Gasteiger partial charge in [-0.3, -0.25) is 9.89 Å². The molecule has 0 saturated heterocycles. The summed E-state index contributed by atoms with van der Waals surface area (Å²) in [6.07, 6.45) is 2.59. The number of H-pyrrole nitrogens is 1. The second kappa shape index (κ2) is 5.50. The summed E-state index contributed by atoms with van der Waals surface area (Å²) in [4.78, 5) is 14.2. The van der Waals surface area contributed by atoms with Crippen molar-refractivity contribution in [3.8, 4) is 11.3 Å². The van der Waals surface area contributed by atoms with Gasteiger partial charge in [0.05, 0.1) is 23.6 Å². The smallest absolute Gasteiger partial charge is 0.227 e. The number of hydrogen-bond donors (Lipinski definition) is 2.